The zero-order valence-corrected chi connectivity index (χ0v) is 14.0. The summed E-state index contributed by atoms with van der Waals surface area (Å²) in [4.78, 5) is 2.57. The Kier molecular flexibility index (Phi) is 5.74. The molecule has 2 nitrogen and oxygen atoms in total. The van der Waals surface area contributed by atoms with Crippen molar-refractivity contribution in [3.8, 4) is 0 Å². The molecule has 1 saturated heterocycles. The summed E-state index contributed by atoms with van der Waals surface area (Å²) in [6, 6.07) is 7.35. The van der Waals surface area contributed by atoms with Gasteiger partial charge in [-0.25, -0.2) is 0 Å². The molecule has 112 valence electrons. The van der Waals surface area contributed by atoms with Crippen LogP contribution in [0, 0.1) is 0 Å². The minimum atomic E-state index is 0.294. The first-order valence-electron chi connectivity index (χ1n) is 7.51. The van der Waals surface area contributed by atoms with E-state index in [1.54, 1.807) is 0 Å². The van der Waals surface area contributed by atoms with Crippen molar-refractivity contribution in [2.75, 3.05) is 13.1 Å². The maximum atomic E-state index is 6.39. The van der Waals surface area contributed by atoms with E-state index in [0.29, 0.717) is 28.2 Å². The highest BCUT2D eigenvalue weighted by molar-refractivity contribution is 6.42. The van der Waals surface area contributed by atoms with Crippen LogP contribution < -0.4 is 5.32 Å². The Bertz CT molecular complexity index is 450. The highest BCUT2D eigenvalue weighted by Crippen LogP contribution is 2.34. The molecule has 20 heavy (non-hydrogen) atoms. The van der Waals surface area contributed by atoms with Crippen LogP contribution in [-0.4, -0.2) is 30.1 Å². The summed E-state index contributed by atoms with van der Waals surface area (Å²) in [5.74, 6) is 0. The van der Waals surface area contributed by atoms with E-state index in [1.165, 1.54) is 0 Å². The minimum absolute atomic E-state index is 0.294. The Morgan fingerprint density at radius 3 is 2.70 bits per heavy atom. The molecule has 1 heterocycles. The van der Waals surface area contributed by atoms with Crippen molar-refractivity contribution < 1.29 is 0 Å². The summed E-state index contributed by atoms with van der Waals surface area (Å²) in [6.45, 7) is 8.84. The van der Waals surface area contributed by atoms with Crippen molar-refractivity contribution in [2.45, 2.75) is 51.7 Å². The number of rotatable bonds is 4. The van der Waals surface area contributed by atoms with Crippen LogP contribution in [0.4, 0.5) is 0 Å². The molecule has 0 saturated carbocycles. The molecule has 0 amide bonds. The number of hydrogen-bond donors (Lipinski definition) is 1. The topological polar surface area (TPSA) is 15.3 Å². The number of nitrogens with one attached hydrogen (secondary N) is 1. The quantitative estimate of drug-likeness (QED) is 0.879. The van der Waals surface area contributed by atoms with Gasteiger partial charge in [-0.05, 0) is 31.4 Å². The van der Waals surface area contributed by atoms with E-state index in [9.17, 15) is 0 Å². The summed E-state index contributed by atoms with van der Waals surface area (Å²) in [5, 5.41) is 4.97. The Labute approximate surface area is 132 Å². The molecular weight excluding hydrogens is 291 g/mol. The van der Waals surface area contributed by atoms with Crippen molar-refractivity contribution in [1.82, 2.24) is 10.2 Å². The third-order valence-electron chi connectivity index (χ3n) is 4.44. The molecule has 1 aliphatic heterocycles. The fourth-order valence-corrected chi connectivity index (χ4v) is 3.50. The van der Waals surface area contributed by atoms with Crippen LogP contribution >= 0.6 is 23.2 Å². The van der Waals surface area contributed by atoms with Gasteiger partial charge in [0.1, 0.15) is 0 Å². The first-order valence-corrected chi connectivity index (χ1v) is 8.27. The molecule has 3 atom stereocenters. The smallest absolute Gasteiger partial charge is 0.0640 e. The fraction of sp³-hybridized carbons (Fsp3) is 0.625. The Morgan fingerprint density at radius 2 is 2.05 bits per heavy atom. The van der Waals surface area contributed by atoms with E-state index in [-0.39, 0.29) is 0 Å². The third-order valence-corrected chi connectivity index (χ3v) is 5.27. The summed E-state index contributed by atoms with van der Waals surface area (Å²) >= 11 is 12.6. The average molecular weight is 315 g/mol. The molecule has 1 aliphatic rings. The summed E-state index contributed by atoms with van der Waals surface area (Å²) < 4.78 is 0. The highest BCUT2D eigenvalue weighted by Gasteiger charge is 2.30. The van der Waals surface area contributed by atoms with Crippen LogP contribution in [0.15, 0.2) is 18.2 Å². The molecule has 1 fully saturated rings. The number of hydrogen-bond acceptors (Lipinski definition) is 2. The number of nitrogens with zero attached hydrogens (tertiary/aromatic N) is 1. The molecule has 1 aromatic carbocycles. The maximum Gasteiger partial charge on any atom is 0.0640 e. The lowest BCUT2D eigenvalue weighted by molar-refractivity contribution is 0.0851. The lowest BCUT2D eigenvalue weighted by Crippen LogP contribution is -2.56. The van der Waals surface area contributed by atoms with Gasteiger partial charge in [-0.2, -0.15) is 0 Å². The molecule has 4 heteroatoms. The van der Waals surface area contributed by atoms with Gasteiger partial charge in [-0.15, -0.1) is 0 Å². The van der Waals surface area contributed by atoms with Gasteiger partial charge in [-0.3, -0.25) is 4.90 Å². The van der Waals surface area contributed by atoms with Gasteiger partial charge in [0.15, 0.2) is 0 Å². The van der Waals surface area contributed by atoms with Gasteiger partial charge >= 0.3 is 0 Å². The van der Waals surface area contributed by atoms with Gasteiger partial charge in [0.2, 0.25) is 0 Å². The summed E-state index contributed by atoms with van der Waals surface area (Å²) in [7, 11) is 0. The predicted molar refractivity (Wildman–Crippen MR) is 87.7 cm³/mol. The zero-order valence-electron chi connectivity index (χ0n) is 12.5. The van der Waals surface area contributed by atoms with Crippen LogP contribution in [0.1, 0.15) is 45.2 Å². The van der Waals surface area contributed by atoms with Crippen LogP contribution in [0.25, 0.3) is 0 Å². The fourth-order valence-electron chi connectivity index (χ4n) is 3.04. The second-order valence-electron chi connectivity index (χ2n) is 5.59. The highest BCUT2D eigenvalue weighted by atomic mass is 35.5. The summed E-state index contributed by atoms with van der Waals surface area (Å²) in [6.07, 6.45) is 2.30. The number of halogens is 2. The Morgan fingerprint density at radius 1 is 1.30 bits per heavy atom. The molecule has 0 aliphatic carbocycles. The minimum Gasteiger partial charge on any atom is -0.311 e. The average Bonchev–Trinajstić information content (AvgIpc) is 2.48. The third kappa shape index (κ3) is 3.30. The van der Waals surface area contributed by atoms with E-state index < -0.39 is 0 Å². The predicted octanol–water partition coefficient (Wildman–Crippen LogP) is 4.52. The lowest BCUT2D eigenvalue weighted by Gasteiger charge is -2.43. The lowest BCUT2D eigenvalue weighted by atomic mass is 9.99. The van der Waals surface area contributed by atoms with Crippen molar-refractivity contribution >= 4 is 23.2 Å². The van der Waals surface area contributed by atoms with E-state index in [0.717, 1.165) is 31.5 Å². The molecule has 3 unspecified atom stereocenters. The van der Waals surface area contributed by atoms with Crippen molar-refractivity contribution in [3.63, 3.8) is 0 Å². The molecule has 1 aromatic rings. The molecule has 2 rings (SSSR count). The van der Waals surface area contributed by atoms with Gasteiger partial charge < -0.3 is 5.32 Å². The van der Waals surface area contributed by atoms with Crippen LogP contribution in [-0.2, 0) is 0 Å². The maximum absolute atomic E-state index is 6.39. The Hall–Kier alpha value is -0.280. The first kappa shape index (κ1) is 16.1. The second-order valence-corrected chi connectivity index (χ2v) is 6.38. The van der Waals surface area contributed by atoms with Gasteiger partial charge in [0.25, 0.3) is 0 Å². The normalized spacial score (nSPS) is 25.6. The molecule has 1 N–H and O–H groups in total. The monoisotopic (exact) mass is 314 g/mol. The van der Waals surface area contributed by atoms with Crippen molar-refractivity contribution in [1.29, 1.82) is 0 Å². The van der Waals surface area contributed by atoms with Gasteiger partial charge in [0, 0.05) is 31.2 Å². The first-order chi connectivity index (χ1) is 9.58. The van der Waals surface area contributed by atoms with E-state index in [1.807, 2.05) is 12.1 Å². The van der Waals surface area contributed by atoms with E-state index >= 15 is 0 Å². The molecule has 0 bridgehead atoms. The molecular formula is C16H24Cl2N2. The van der Waals surface area contributed by atoms with Crippen LogP contribution in [0.3, 0.4) is 0 Å². The van der Waals surface area contributed by atoms with Gasteiger partial charge in [-0.1, -0.05) is 49.2 Å². The standard InChI is InChI=1S/C16H24Cl2N2/c1-4-12-10-20(13(5-2)9-19-12)11(3)14-7-6-8-15(17)16(14)18/h6-8,11-13,19H,4-5,9-10H2,1-3H3. The SMILES string of the molecule is CCC1CN(C(C)c2cccc(Cl)c2Cl)C(CC)CN1. The Balaban J connectivity index is 2.24. The largest absolute Gasteiger partial charge is 0.311 e. The summed E-state index contributed by atoms with van der Waals surface area (Å²) in [5.41, 5.74) is 1.13. The van der Waals surface area contributed by atoms with E-state index in [4.69, 9.17) is 23.2 Å². The number of benzene rings is 1. The molecule has 0 spiro atoms. The van der Waals surface area contributed by atoms with Crippen molar-refractivity contribution in [3.05, 3.63) is 33.8 Å². The molecule has 0 radical (unpaired) electrons. The second kappa shape index (κ2) is 7.13. The zero-order chi connectivity index (χ0) is 14.7. The van der Waals surface area contributed by atoms with E-state index in [2.05, 4.69) is 37.1 Å². The number of piperazine rings is 1. The van der Waals surface area contributed by atoms with Crippen LogP contribution in [0.2, 0.25) is 10.0 Å². The molecule has 0 aromatic heterocycles. The van der Waals surface area contributed by atoms with Crippen molar-refractivity contribution in [2.24, 2.45) is 0 Å². The van der Waals surface area contributed by atoms with Crippen LogP contribution in [0.5, 0.6) is 0 Å². The van der Waals surface area contributed by atoms with Gasteiger partial charge in [0.05, 0.1) is 10.0 Å².